The van der Waals surface area contributed by atoms with Crippen LogP contribution in [-0.4, -0.2) is 40.3 Å². The predicted octanol–water partition coefficient (Wildman–Crippen LogP) is 4.55. The lowest BCUT2D eigenvalue weighted by Gasteiger charge is -2.50. The molecule has 186 valence electrons. The Morgan fingerprint density at radius 3 is 2.42 bits per heavy atom. The molecule has 2 saturated heterocycles. The number of fused-ring (bicyclic) bond motifs is 1. The monoisotopic (exact) mass is 460 g/mol. The molecule has 2 aliphatic heterocycles. The Bertz CT molecular complexity index is 819. The van der Waals surface area contributed by atoms with Gasteiger partial charge in [0.05, 0.1) is 17.4 Å². The highest BCUT2D eigenvalue weighted by Crippen LogP contribution is 2.66. The Kier molecular flexibility index (Phi) is 6.51. The van der Waals surface area contributed by atoms with E-state index in [2.05, 4.69) is 46.8 Å². The van der Waals surface area contributed by atoms with E-state index in [0.29, 0.717) is 49.4 Å². The third-order valence-corrected chi connectivity index (χ3v) is 10.5. The summed E-state index contributed by atoms with van der Waals surface area (Å²) in [6, 6.07) is 0. The minimum absolute atomic E-state index is 0.00939. The summed E-state index contributed by atoms with van der Waals surface area (Å²) in [5, 5.41) is 21.7. The first-order valence-electron chi connectivity index (χ1n) is 13.2. The molecular weight excluding hydrogens is 416 g/mol. The predicted molar refractivity (Wildman–Crippen MR) is 127 cm³/mol. The highest BCUT2D eigenvalue weighted by Gasteiger charge is 2.75. The molecule has 5 nitrogen and oxygen atoms in total. The normalized spacial score (nSPS) is 47.0. The van der Waals surface area contributed by atoms with E-state index in [1.807, 2.05) is 6.92 Å². The molecule has 2 bridgehead atoms. The van der Waals surface area contributed by atoms with Crippen LogP contribution in [0, 0.1) is 52.3 Å². The summed E-state index contributed by atoms with van der Waals surface area (Å²) in [7, 11) is 0. The van der Waals surface area contributed by atoms with Crippen molar-refractivity contribution in [3.63, 3.8) is 0 Å². The number of ether oxygens (including phenoxy) is 1. The van der Waals surface area contributed by atoms with Gasteiger partial charge in [0.2, 0.25) is 0 Å². The Morgan fingerprint density at radius 2 is 1.79 bits per heavy atom. The van der Waals surface area contributed by atoms with Gasteiger partial charge < -0.3 is 14.9 Å². The van der Waals surface area contributed by atoms with Crippen molar-refractivity contribution in [1.29, 1.82) is 0 Å². The Hall–Kier alpha value is -1.04. The van der Waals surface area contributed by atoms with Crippen LogP contribution in [0.4, 0.5) is 0 Å². The molecule has 10 atom stereocenters. The fraction of sp³-hybridized carbons (Fsp3) is 0.857. The molecule has 5 heteroatoms. The Morgan fingerprint density at radius 1 is 1.09 bits per heavy atom. The molecule has 0 unspecified atom stereocenters. The topological polar surface area (TPSA) is 83.8 Å². The average molecular weight is 461 g/mol. The van der Waals surface area contributed by atoms with Gasteiger partial charge in [-0.2, -0.15) is 0 Å². The SMILES string of the molecule is CC(C)[C@@H](C)/C=C/[C@@H](C)[C@H]1CC[C@@H]([C@@H]2C(=O)[C@@]3(C)CC[C@H]4CC(=O)[C@@H]2[C@]3(O)O4)[C@]1(C)CCO. The summed E-state index contributed by atoms with van der Waals surface area (Å²) in [5.74, 6) is -1.32. The lowest BCUT2D eigenvalue weighted by molar-refractivity contribution is -0.324. The van der Waals surface area contributed by atoms with Crippen molar-refractivity contribution in [1.82, 2.24) is 0 Å². The smallest absolute Gasteiger partial charge is 0.188 e. The first-order chi connectivity index (χ1) is 15.4. The van der Waals surface area contributed by atoms with Crippen molar-refractivity contribution < 1.29 is 24.5 Å². The lowest BCUT2D eigenvalue weighted by atomic mass is 9.61. The lowest BCUT2D eigenvalue weighted by Crippen LogP contribution is -2.61. The van der Waals surface area contributed by atoms with Crippen LogP contribution in [0.2, 0.25) is 0 Å². The molecule has 4 rings (SSSR count). The third kappa shape index (κ3) is 3.60. The number of Topliss-reactive ketones (excluding diaryl/α,β-unsaturated/α-hetero) is 2. The summed E-state index contributed by atoms with van der Waals surface area (Å²) in [5.41, 5.74) is -1.30. The van der Waals surface area contributed by atoms with Crippen LogP contribution in [0.15, 0.2) is 12.2 Å². The maximum Gasteiger partial charge on any atom is 0.188 e. The number of aliphatic hydroxyl groups is 2. The number of carbonyl (C=O) groups excluding carboxylic acids is 2. The van der Waals surface area contributed by atoms with Gasteiger partial charge in [-0.25, -0.2) is 0 Å². The molecule has 33 heavy (non-hydrogen) atoms. The summed E-state index contributed by atoms with van der Waals surface area (Å²) in [4.78, 5) is 27.3. The van der Waals surface area contributed by atoms with Gasteiger partial charge in [0.15, 0.2) is 5.79 Å². The molecule has 2 heterocycles. The molecule has 0 aromatic rings. The fourth-order valence-electron chi connectivity index (χ4n) is 7.94. The average Bonchev–Trinajstić information content (AvgIpc) is 3.17. The van der Waals surface area contributed by atoms with Crippen molar-refractivity contribution in [3.8, 4) is 0 Å². The van der Waals surface area contributed by atoms with Gasteiger partial charge in [-0.15, -0.1) is 0 Å². The van der Waals surface area contributed by atoms with Gasteiger partial charge in [-0.1, -0.05) is 46.8 Å². The molecule has 0 amide bonds. The van der Waals surface area contributed by atoms with Crippen LogP contribution in [0.3, 0.4) is 0 Å². The van der Waals surface area contributed by atoms with Crippen molar-refractivity contribution in [2.24, 2.45) is 52.3 Å². The molecule has 0 radical (unpaired) electrons. The summed E-state index contributed by atoms with van der Waals surface area (Å²) in [6.45, 7) is 13.0. The first kappa shape index (κ1) is 25.1. The molecule has 2 N–H and O–H groups in total. The quantitative estimate of drug-likeness (QED) is 0.545. The maximum atomic E-state index is 14.0. The maximum absolute atomic E-state index is 14.0. The van der Waals surface area contributed by atoms with E-state index in [0.717, 1.165) is 12.8 Å². The molecule has 4 fully saturated rings. The standard InChI is InChI=1S/C28H44O5/c1-16(2)17(3)7-8-18(4)20-9-10-21(26(20,5)13-14-29)23-24-22(30)15-19-11-12-27(6,25(23)31)28(24,32)33-19/h7-8,16-21,23-24,29,32H,9-15H2,1-6H3/b8-7+/t17-,18+,19-,20+,21-,23-,24-,26+,27+,28-/m0/s1. The first-order valence-corrected chi connectivity index (χ1v) is 13.2. The number of hydrogen-bond donors (Lipinski definition) is 2. The minimum Gasteiger partial charge on any atom is -0.396 e. The van der Waals surface area contributed by atoms with Crippen molar-refractivity contribution in [3.05, 3.63) is 12.2 Å². The second-order valence-corrected chi connectivity index (χ2v) is 12.5. The number of aliphatic hydroxyl groups excluding tert-OH is 1. The van der Waals surface area contributed by atoms with Crippen LogP contribution in [-0.2, 0) is 14.3 Å². The van der Waals surface area contributed by atoms with Crippen molar-refractivity contribution in [2.75, 3.05) is 6.61 Å². The zero-order chi connectivity index (χ0) is 24.3. The van der Waals surface area contributed by atoms with E-state index in [-0.39, 0.29) is 35.6 Å². The molecule has 4 aliphatic rings. The number of carbonyl (C=O) groups is 2. The summed E-state index contributed by atoms with van der Waals surface area (Å²) in [6.07, 6.45) is 8.28. The summed E-state index contributed by atoms with van der Waals surface area (Å²) >= 11 is 0. The van der Waals surface area contributed by atoms with Gasteiger partial charge in [0, 0.05) is 18.9 Å². The van der Waals surface area contributed by atoms with E-state index in [1.165, 1.54) is 0 Å². The van der Waals surface area contributed by atoms with Crippen molar-refractivity contribution >= 4 is 11.6 Å². The minimum atomic E-state index is -1.68. The number of rotatable bonds is 7. The zero-order valence-corrected chi connectivity index (χ0v) is 21.3. The van der Waals surface area contributed by atoms with Crippen LogP contribution in [0.25, 0.3) is 0 Å². The van der Waals surface area contributed by atoms with Crippen LogP contribution >= 0.6 is 0 Å². The van der Waals surface area contributed by atoms with Crippen LogP contribution in [0.5, 0.6) is 0 Å². The van der Waals surface area contributed by atoms with Gasteiger partial charge in [-0.05, 0) is 74.0 Å². The molecule has 2 aliphatic carbocycles. The highest BCUT2D eigenvalue weighted by atomic mass is 16.6. The second kappa shape index (κ2) is 8.57. The number of ketones is 2. The van der Waals surface area contributed by atoms with E-state index in [9.17, 15) is 19.8 Å². The second-order valence-electron chi connectivity index (χ2n) is 12.5. The number of hydrogen-bond acceptors (Lipinski definition) is 5. The molecular formula is C28H44O5. The van der Waals surface area contributed by atoms with Gasteiger partial charge in [-0.3, -0.25) is 9.59 Å². The Labute approximate surface area is 199 Å². The number of allylic oxidation sites excluding steroid dienone is 2. The van der Waals surface area contributed by atoms with Gasteiger partial charge in [0.1, 0.15) is 11.6 Å². The molecule has 2 saturated carbocycles. The third-order valence-electron chi connectivity index (χ3n) is 10.5. The Balaban J connectivity index is 1.68. The molecule has 0 spiro atoms. The van der Waals surface area contributed by atoms with Crippen LogP contribution < -0.4 is 0 Å². The molecule has 0 aromatic carbocycles. The van der Waals surface area contributed by atoms with Crippen LogP contribution in [0.1, 0.15) is 80.1 Å². The fourth-order valence-corrected chi connectivity index (χ4v) is 7.94. The van der Waals surface area contributed by atoms with Gasteiger partial charge in [0.25, 0.3) is 0 Å². The van der Waals surface area contributed by atoms with Gasteiger partial charge >= 0.3 is 0 Å². The largest absolute Gasteiger partial charge is 0.396 e. The van der Waals surface area contributed by atoms with E-state index < -0.39 is 23.0 Å². The van der Waals surface area contributed by atoms with E-state index in [4.69, 9.17) is 4.74 Å². The summed E-state index contributed by atoms with van der Waals surface area (Å²) < 4.78 is 6.07. The van der Waals surface area contributed by atoms with E-state index in [1.54, 1.807) is 0 Å². The van der Waals surface area contributed by atoms with Crippen molar-refractivity contribution in [2.45, 2.75) is 92.0 Å². The van der Waals surface area contributed by atoms with E-state index >= 15 is 0 Å². The zero-order valence-electron chi connectivity index (χ0n) is 21.3. The highest BCUT2D eigenvalue weighted by molar-refractivity contribution is 5.99. The molecule has 0 aromatic heterocycles.